The number of amides is 2. The first-order valence-electron chi connectivity index (χ1n) is 12.8. The molecule has 7 nitrogen and oxygen atoms in total. The summed E-state index contributed by atoms with van der Waals surface area (Å²) in [6.45, 7) is 0.412. The highest BCUT2D eigenvalue weighted by molar-refractivity contribution is 6.30. The van der Waals surface area contributed by atoms with Crippen molar-refractivity contribution in [3.8, 4) is 6.07 Å². The summed E-state index contributed by atoms with van der Waals surface area (Å²) < 4.78 is 13.8. The van der Waals surface area contributed by atoms with Crippen LogP contribution in [0, 0.1) is 22.6 Å². The van der Waals surface area contributed by atoms with E-state index in [2.05, 4.69) is 11.4 Å². The molecule has 1 fully saturated rings. The minimum Gasteiger partial charge on any atom is -0.337 e. The van der Waals surface area contributed by atoms with Crippen LogP contribution in [0.3, 0.4) is 0 Å². The van der Waals surface area contributed by atoms with Crippen LogP contribution < -0.4 is 5.32 Å². The first-order valence-corrected chi connectivity index (χ1v) is 13.1. The van der Waals surface area contributed by atoms with Gasteiger partial charge in [-0.2, -0.15) is 5.26 Å². The molecule has 0 bridgehead atoms. The summed E-state index contributed by atoms with van der Waals surface area (Å²) in [5.41, 5.74) is 1.71. The van der Waals surface area contributed by atoms with E-state index in [0.29, 0.717) is 39.4 Å². The molecule has 1 atom stereocenters. The number of nitrogens with zero attached hydrogens (tertiary/aromatic N) is 3. The molecule has 0 aliphatic carbocycles. The average molecular weight is 566 g/mol. The molecular formula is C32H25ClFN5O2. The number of carbonyl (C=O) groups excluding carboxylic acids is 2. The first-order chi connectivity index (χ1) is 19.7. The van der Waals surface area contributed by atoms with Gasteiger partial charge in [-0.15, -0.1) is 0 Å². The zero-order chi connectivity index (χ0) is 29.1. The lowest BCUT2D eigenvalue weighted by Gasteiger charge is -2.28. The molecule has 9 heteroatoms. The first kappa shape index (κ1) is 27.6. The largest absolute Gasteiger partial charge is 0.337 e. The van der Waals surface area contributed by atoms with Crippen molar-refractivity contribution in [2.45, 2.75) is 18.6 Å². The summed E-state index contributed by atoms with van der Waals surface area (Å²) in [5, 5.41) is 21.8. The van der Waals surface area contributed by atoms with Crippen molar-refractivity contribution < 1.29 is 14.0 Å². The smallest absolute Gasteiger partial charge is 0.264 e. The van der Waals surface area contributed by atoms with E-state index in [-0.39, 0.29) is 18.4 Å². The molecule has 1 heterocycles. The third-order valence-electron chi connectivity index (χ3n) is 7.04. The minimum absolute atomic E-state index is 0.0214. The fourth-order valence-electron chi connectivity index (χ4n) is 4.97. The average Bonchev–Trinajstić information content (AvgIpc) is 3.24. The van der Waals surface area contributed by atoms with Gasteiger partial charge in [0.2, 0.25) is 0 Å². The molecule has 41 heavy (non-hydrogen) atoms. The molecule has 4 aromatic rings. The van der Waals surface area contributed by atoms with Crippen molar-refractivity contribution >= 4 is 29.4 Å². The Bertz CT molecular complexity index is 1680. The summed E-state index contributed by atoms with van der Waals surface area (Å²) in [5.74, 6) is -1.27. The SMILES string of the molecule is CN(Cc1ccc(Cl)cc1)C(=O)c1cccc(CN2C(=N)NC(c3ccc(F)cc3)(c3cccc(C#N)c3)C2=O)c1. The van der Waals surface area contributed by atoms with Gasteiger partial charge < -0.3 is 10.2 Å². The van der Waals surface area contributed by atoms with E-state index in [4.69, 9.17) is 17.0 Å². The minimum atomic E-state index is -1.54. The predicted octanol–water partition coefficient (Wildman–Crippen LogP) is 5.43. The normalized spacial score (nSPS) is 16.3. The number of hydrogen-bond donors (Lipinski definition) is 2. The molecule has 2 N–H and O–H groups in total. The standard InChI is InChI=1S/C32H25ClFN5O2/c1-38(19-21-8-12-27(33)13-9-21)29(40)24-6-2-5-23(16-24)20-39-30(41)32(37-31(39)36,25-10-14-28(34)15-11-25)26-7-3-4-22(17-26)18-35/h2-17H,19-20H2,1H3,(H2,36,37). The summed E-state index contributed by atoms with van der Waals surface area (Å²) in [4.78, 5) is 30.2. The maximum Gasteiger partial charge on any atom is 0.264 e. The number of carbonyl (C=O) groups is 2. The van der Waals surface area contributed by atoms with Gasteiger partial charge in [-0.25, -0.2) is 4.39 Å². The number of nitrogens with one attached hydrogen (secondary N) is 2. The van der Waals surface area contributed by atoms with Crippen LogP contribution in [0.5, 0.6) is 0 Å². The van der Waals surface area contributed by atoms with Gasteiger partial charge in [0.1, 0.15) is 5.82 Å². The molecule has 1 unspecified atom stereocenters. The maximum absolute atomic E-state index is 14.1. The van der Waals surface area contributed by atoms with Gasteiger partial charge >= 0.3 is 0 Å². The molecule has 0 aromatic heterocycles. The Labute approximate surface area is 241 Å². The second-order valence-corrected chi connectivity index (χ2v) is 10.2. The molecule has 204 valence electrons. The third-order valence-corrected chi connectivity index (χ3v) is 7.29. The summed E-state index contributed by atoms with van der Waals surface area (Å²) in [6.07, 6.45) is 0. The summed E-state index contributed by atoms with van der Waals surface area (Å²) >= 11 is 5.97. The monoisotopic (exact) mass is 565 g/mol. The lowest BCUT2D eigenvalue weighted by Crippen LogP contribution is -2.45. The third kappa shape index (κ3) is 5.40. The summed E-state index contributed by atoms with van der Waals surface area (Å²) in [6, 6.07) is 28.3. The number of rotatable bonds is 7. The Morgan fingerprint density at radius 3 is 2.41 bits per heavy atom. The molecule has 1 saturated heterocycles. The van der Waals surface area contributed by atoms with Gasteiger partial charge in [0.15, 0.2) is 11.5 Å². The molecule has 0 radical (unpaired) electrons. The van der Waals surface area contributed by atoms with Crippen LogP contribution in [0.15, 0.2) is 97.1 Å². The quantitative estimate of drug-likeness (QED) is 0.312. The zero-order valence-corrected chi connectivity index (χ0v) is 22.8. The molecule has 2 amide bonds. The Hall–Kier alpha value is -5.00. The highest BCUT2D eigenvalue weighted by atomic mass is 35.5. The van der Waals surface area contributed by atoms with E-state index in [1.165, 1.54) is 29.2 Å². The van der Waals surface area contributed by atoms with E-state index in [0.717, 1.165) is 5.56 Å². The number of hydrogen-bond acceptors (Lipinski definition) is 4. The topological polar surface area (TPSA) is 100 Å². The predicted molar refractivity (Wildman–Crippen MR) is 153 cm³/mol. The van der Waals surface area contributed by atoms with Crippen molar-refractivity contribution in [3.63, 3.8) is 0 Å². The van der Waals surface area contributed by atoms with Gasteiger partial charge in [0.05, 0.1) is 18.2 Å². The molecule has 1 aliphatic heterocycles. The van der Waals surface area contributed by atoms with Crippen LogP contribution in [0.25, 0.3) is 0 Å². The van der Waals surface area contributed by atoms with Gasteiger partial charge in [-0.05, 0) is 70.8 Å². The lowest BCUT2D eigenvalue weighted by molar-refractivity contribution is -0.130. The van der Waals surface area contributed by atoms with Crippen molar-refractivity contribution in [2.75, 3.05) is 7.05 Å². The van der Waals surface area contributed by atoms with Crippen molar-refractivity contribution in [3.05, 3.63) is 141 Å². The number of nitriles is 1. The Morgan fingerprint density at radius 1 is 1.00 bits per heavy atom. The Balaban J connectivity index is 1.43. The maximum atomic E-state index is 14.1. The van der Waals surface area contributed by atoms with Crippen molar-refractivity contribution in [2.24, 2.45) is 0 Å². The molecule has 5 rings (SSSR count). The van der Waals surface area contributed by atoms with Crippen LogP contribution >= 0.6 is 11.6 Å². The second kappa shape index (κ2) is 11.2. The lowest BCUT2D eigenvalue weighted by atomic mass is 9.82. The number of halogens is 2. The molecule has 4 aromatic carbocycles. The van der Waals surface area contributed by atoms with Gasteiger partial charge in [0.25, 0.3) is 11.8 Å². The molecule has 0 spiro atoms. The van der Waals surface area contributed by atoms with E-state index in [1.54, 1.807) is 72.6 Å². The van der Waals surface area contributed by atoms with Crippen LogP contribution in [-0.4, -0.2) is 34.6 Å². The van der Waals surface area contributed by atoms with E-state index < -0.39 is 17.3 Å². The Kier molecular flexibility index (Phi) is 7.56. The van der Waals surface area contributed by atoms with Crippen LogP contribution in [-0.2, 0) is 23.4 Å². The van der Waals surface area contributed by atoms with Gasteiger partial charge in [-0.1, -0.05) is 60.1 Å². The second-order valence-electron chi connectivity index (χ2n) is 9.80. The number of guanidine groups is 1. The van der Waals surface area contributed by atoms with Gasteiger partial charge in [0, 0.05) is 24.2 Å². The molecular weight excluding hydrogens is 541 g/mol. The van der Waals surface area contributed by atoms with Crippen LogP contribution in [0.1, 0.15) is 38.2 Å². The molecule has 1 aliphatic rings. The highest BCUT2D eigenvalue weighted by Crippen LogP contribution is 2.37. The van der Waals surface area contributed by atoms with Crippen LogP contribution in [0.4, 0.5) is 4.39 Å². The van der Waals surface area contributed by atoms with Crippen molar-refractivity contribution in [1.29, 1.82) is 10.7 Å². The summed E-state index contributed by atoms with van der Waals surface area (Å²) in [7, 11) is 1.71. The fourth-order valence-corrected chi connectivity index (χ4v) is 5.10. The zero-order valence-electron chi connectivity index (χ0n) is 22.1. The molecule has 0 saturated carbocycles. The fraction of sp³-hybridized carbons (Fsp3) is 0.125. The van der Waals surface area contributed by atoms with Crippen molar-refractivity contribution in [1.82, 2.24) is 15.1 Å². The van der Waals surface area contributed by atoms with E-state index in [1.807, 2.05) is 12.1 Å². The number of benzene rings is 4. The van der Waals surface area contributed by atoms with Gasteiger partial charge in [-0.3, -0.25) is 19.9 Å². The van der Waals surface area contributed by atoms with Crippen LogP contribution in [0.2, 0.25) is 5.02 Å². The highest BCUT2D eigenvalue weighted by Gasteiger charge is 2.52. The van der Waals surface area contributed by atoms with E-state index in [9.17, 15) is 19.2 Å². The Morgan fingerprint density at radius 2 is 1.71 bits per heavy atom. The van der Waals surface area contributed by atoms with E-state index >= 15 is 0 Å².